The molecule has 0 unspecified atom stereocenters. The molecule has 0 atom stereocenters. The fraction of sp³-hybridized carbons (Fsp3) is 0.227. The van der Waals surface area contributed by atoms with Gasteiger partial charge in [0.05, 0.1) is 5.69 Å². The fourth-order valence-electron chi connectivity index (χ4n) is 3.29. The molecule has 1 aliphatic rings. The second-order valence-electron chi connectivity index (χ2n) is 6.85. The molecule has 0 aliphatic carbocycles. The summed E-state index contributed by atoms with van der Waals surface area (Å²) in [5.41, 5.74) is 3.63. The minimum absolute atomic E-state index is 0.214. The van der Waals surface area contributed by atoms with Crippen molar-refractivity contribution in [3.63, 3.8) is 0 Å². The lowest BCUT2D eigenvalue weighted by Gasteiger charge is -2.28. The topological polar surface area (TPSA) is 59.5 Å². The van der Waals surface area contributed by atoms with E-state index in [4.69, 9.17) is 4.74 Å². The Morgan fingerprint density at radius 2 is 1.86 bits per heavy atom. The SMILES string of the molecule is Cc1nc(-c2ccc(F)cc2)sc1C(=O)OCC(=O)N1CCc2ccccc2C1. The van der Waals surface area contributed by atoms with E-state index >= 15 is 0 Å². The van der Waals surface area contributed by atoms with Gasteiger partial charge in [-0.3, -0.25) is 4.79 Å². The zero-order chi connectivity index (χ0) is 20.4. The van der Waals surface area contributed by atoms with E-state index in [1.807, 2.05) is 18.2 Å². The maximum Gasteiger partial charge on any atom is 0.350 e. The summed E-state index contributed by atoms with van der Waals surface area (Å²) < 4.78 is 18.4. The number of ether oxygens (including phenoxy) is 1. The van der Waals surface area contributed by atoms with E-state index in [1.54, 1.807) is 24.0 Å². The van der Waals surface area contributed by atoms with E-state index < -0.39 is 5.97 Å². The van der Waals surface area contributed by atoms with Gasteiger partial charge >= 0.3 is 5.97 Å². The molecule has 0 fully saturated rings. The third kappa shape index (κ3) is 4.19. The van der Waals surface area contributed by atoms with E-state index in [9.17, 15) is 14.0 Å². The zero-order valence-electron chi connectivity index (χ0n) is 15.9. The summed E-state index contributed by atoms with van der Waals surface area (Å²) in [6.45, 7) is 2.55. The van der Waals surface area contributed by atoms with Crippen molar-refractivity contribution in [2.75, 3.05) is 13.2 Å². The number of esters is 1. The number of hydrogen-bond donors (Lipinski definition) is 0. The molecule has 148 valence electrons. The lowest BCUT2D eigenvalue weighted by Crippen LogP contribution is -2.38. The molecule has 0 spiro atoms. The molecule has 0 N–H and O–H groups in total. The summed E-state index contributed by atoms with van der Waals surface area (Å²) >= 11 is 1.17. The van der Waals surface area contributed by atoms with Crippen LogP contribution in [0.25, 0.3) is 10.6 Å². The number of carbonyl (C=O) groups is 2. The monoisotopic (exact) mass is 410 g/mol. The summed E-state index contributed by atoms with van der Waals surface area (Å²) in [6, 6.07) is 14.0. The number of aromatic nitrogens is 1. The molecule has 0 saturated carbocycles. The van der Waals surface area contributed by atoms with E-state index in [1.165, 1.54) is 29.0 Å². The van der Waals surface area contributed by atoms with Gasteiger partial charge in [0.2, 0.25) is 0 Å². The number of halogens is 1. The predicted molar refractivity (Wildman–Crippen MR) is 108 cm³/mol. The van der Waals surface area contributed by atoms with Gasteiger partial charge in [0, 0.05) is 18.7 Å². The van der Waals surface area contributed by atoms with Gasteiger partial charge in [0.1, 0.15) is 15.7 Å². The van der Waals surface area contributed by atoms with Crippen molar-refractivity contribution in [3.05, 3.63) is 76.0 Å². The highest BCUT2D eigenvalue weighted by atomic mass is 32.1. The summed E-state index contributed by atoms with van der Waals surface area (Å²) in [4.78, 5) is 31.4. The van der Waals surface area contributed by atoms with Crippen LogP contribution < -0.4 is 0 Å². The molecule has 7 heteroatoms. The van der Waals surface area contributed by atoms with Gasteiger partial charge in [0.15, 0.2) is 6.61 Å². The maximum atomic E-state index is 13.1. The number of aryl methyl sites for hydroxylation is 1. The molecule has 1 amide bonds. The Bertz CT molecular complexity index is 1060. The standard InChI is InChI=1S/C22H19FN2O3S/c1-14-20(29-21(24-14)16-6-8-18(23)9-7-16)22(27)28-13-19(26)25-11-10-15-4-2-3-5-17(15)12-25/h2-9H,10-13H2,1H3. The van der Waals surface area contributed by atoms with Gasteiger partial charge in [-0.25, -0.2) is 14.2 Å². The predicted octanol–water partition coefficient (Wildman–Crippen LogP) is 4.00. The molecule has 2 heterocycles. The molecular weight excluding hydrogens is 391 g/mol. The van der Waals surface area contributed by atoms with Gasteiger partial charge in [-0.15, -0.1) is 11.3 Å². The van der Waals surface area contributed by atoms with Crippen LogP contribution in [0.1, 0.15) is 26.5 Å². The van der Waals surface area contributed by atoms with Gasteiger partial charge in [-0.05, 0) is 48.7 Å². The van der Waals surface area contributed by atoms with Crippen LogP contribution in [-0.2, 0) is 22.5 Å². The Morgan fingerprint density at radius 3 is 2.62 bits per heavy atom. The smallest absolute Gasteiger partial charge is 0.350 e. The highest BCUT2D eigenvalue weighted by Gasteiger charge is 2.23. The van der Waals surface area contributed by atoms with Crippen LogP contribution in [0, 0.1) is 12.7 Å². The number of amides is 1. The van der Waals surface area contributed by atoms with Crippen molar-refractivity contribution < 1.29 is 18.7 Å². The van der Waals surface area contributed by atoms with Crippen LogP contribution in [-0.4, -0.2) is 34.9 Å². The van der Waals surface area contributed by atoms with Crippen molar-refractivity contribution in [3.8, 4) is 10.6 Å². The Hall–Kier alpha value is -3.06. The number of rotatable bonds is 4. The average molecular weight is 410 g/mol. The number of fused-ring (bicyclic) bond motifs is 1. The molecule has 29 heavy (non-hydrogen) atoms. The van der Waals surface area contributed by atoms with E-state index in [2.05, 4.69) is 11.1 Å². The fourth-order valence-corrected chi connectivity index (χ4v) is 4.26. The molecular formula is C22H19FN2O3S. The third-order valence-corrected chi connectivity index (χ3v) is 6.07. The molecule has 0 saturated heterocycles. The molecule has 5 nitrogen and oxygen atoms in total. The number of carbonyl (C=O) groups excluding carboxylic acids is 2. The summed E-state index contributed by atoms with van der Waals surface area (Å²) in [7, 11) is 0. The van der Waals surface area contributed by atoms with Crippen molar-refractivity contribution in [1.29, 1.82) is 0 Å². The second-order valence-corrected chi connectivity index (χ2v) is 7.85. The van der Waals surface area contributed by atoms with E-state index in [0.717, 1.165) is 17.5 Å². The molecule has 1 aromatic heterocycles. The first-order valence-corrected chi connectivity index (χ1v) is 10.1. The first-order chi connectivity index (χ1) is 14.0. The lowest BCUT2D eigenvalue weighted by atomic mass is 10.00. The van der Waals surface area contributed by atoms with Gasteiger partial charge < -0.3 is 9.64 Å². The second kappa shape index (κ2) is 8.13. The van der Waals surface area contributed by atoms with Crippen molar-refractivity contribution in [2.45, 2.75) is 19.9 Å². The van der Waals surface area contributed by atoms with Crippen LogP contribution in [0.5, 0.6) is 0 Å². The molecule has 1 aliphatic heterocycles. The zero-order valence-corrected chi connectivity index (χ0v) is 16.7. The number of hydrogen-bond acceptors (Lipinski definition) is 5. The van der Waals surface area contributed by atoms with Crippen molar-refractivity contribution >= 4 is 23.2 Å². The summed E-state index contributed by atoms with van der Waals surface area (Å²) in [6.07, 6.45) is 0.796. The molecule has 3 aromatic rings. The van der Waals surface area contributed by atoms with Crippen LogP contribution in [0.15, 0.2) is 48.5 Å². The van der Waals surface area contributed by atoms with Gasteiger partial charge in [-0.1, -0.05) is 24.3 Å². The Balaban J connectivity index is 1.39. The molecule has 0 radical (unpaired) electrons. The summed E-state index contributed by atoms with van der Waals surface area (Å²) in [5, 5.41) is 0.605. The third-order valence-electron chi connectivity index (χ3n) is 4.88. The number of nitrogens with zero attached hydrogens (tertiary/aromatic N) is 2. The van der Waals surface area contributed by atoms with Crippen molar-refractivity contribution in [1.82, 2.24) is 9.88 Å². The minimum atomic E-state index is -0.570. The largest absolute Gasteiger partial charge is 0.451 e. The number of benzene rings is 2. The maximum absolute atomic E-state index is 13.1. The highest BCUT2D eigenvalue weighted by Crippen LogP contribution is 2.28. The first-order valence-electron chi connectivity index (χ1n) is 9.26. The van der Waals surface area contributed by atoms with Crippen LogP contribution in [0.2, 0.25) is 0 Å². The average Bonchev–Trinajstić information content (AvgIpc) is 3.13. The quantitative estimate of drug-likeness (QED) is 0.610. The van der Waals surface area contributed by atoms with Crippen molar-refractivity contribution in [2.24, 2.45) is 0 Å². The Morgan fingerprint density at radius 1 is 1.14 bits per heavy atom. The van der Waals surface area contributed by atoms with E-state index in [-0.39, 0.29) is 18.3 Å². The van der Waals surface area contributed by atoms with Crippen LogP contribution in [0.4, 0.5) is 4.39 Å². The molecule has 2 aromatic carbocycles. The molecule has 4 rings (SSSR count). The number of thiazole rings is 1. The van der Waals surface area contributed by atoms with Gasteiger partial charge in [0.25, 0.3) is 5.91 Å². The minimum Gasteiger partial charge on any atom is -0.451 e. The molecule has 0 bridgehead atoms. The van der Waals surface area contributed by atoms with Gasteiger partial charge in [-0.2, -0.15) is 0 Å². The lowest BCUT2D eigenvalue weighted by molar-refractivity contribution is -0.135. The Labute approximate surface area is 171 Å². The van der Waals surface area contributed by atoms with Crippen LogP contribution >= 0.6 is 11.3 Å². The van der Waals surface area contributed by atoms with Crippen LogP contribution in [0.3, 0.4) is 0 Å². The summed E-state index contributed by atoms with van der Waals surface area (Å²) in [5.74, 6) is -1.12. The highest BCUT2D eigenvalue weighted by molar-refractivity contribution is 7.17. The Kier molecular flexibility index (Phi) is 5.40. The van der Waals surface area contributed by atoms with E-state index in [0.29, 0.717) is 28.7 Å². The normalized spacial score (nSPS) is 13.1. The first kappa shape index (κ1) is 19.3.